The molecule has 0 bridgehead atoms. The van der Waals surface area contributed by atoms with E-state index in [1.54, 1.807) is 11.9 Å². The van der Waals surface area contributed by atoms with Crippen LogP contribution in [0.1, 0.15) is 36.8 Å². The number of hydrogen-bond donors (Lipinski definition) is 1. The van der Waals surface area contributed by atoms with Crippen molar-refractivity contribution in [2.75, 3.05) is 31.9 Å². The van der Waals surface area contributed by atoms with Crippen LogP contribution in [0.15, 0.2) is 41.3 Å². The molecule has 2 aromatic carbocycles. The molecule has 0 saturated carbocycles. The van der Waals surface area contributed by atoms with Gasteiger partial charge in [-0.1, -0.05) is 12.1 Å². The minimum Gasteiger partial charge on any atom is -0.456 e. The first-order valence-corrected chi connectivity index (χ1v) is 11.2. The zero-order chi connectivity index (χ0) is 19.5. The molecule has 4 nitrogen and oxygen atoms in total. The number of likely N-dealkylation sites (tertiary alicyclic amines) is 1. The largest absolute Gasteiger partial charge is 0.456 e. The first-order valence-electron chi connectivity index (χ1n) is 10.4. The van der Waals surface area contributed by atoms with Crippen LogP contribution in [0.4, 0.5) is 5.69 Å². The summed E-state index contributed by atoms with van der Waals surface area (Å²) >= 11 is 1.79. The Labute approximate surface area is 173 Å². The maximum absolute atomic E-state index is 6.31. The Balaban J connectivity index is 1.44. The van der Waals surface area contributed by atoms with Crippen molar-refractivity contribution in [3.8, 4) is 11.5 Å². The molecule has 0 amide bonds. The minimum absolute atomic E-state index is 0.769. The fourth-order valence-electron chi connectivity index (χ4n) is 4.16. The summed E-state index contributed by atoms with van der Waals surface area (Å²) in [5, 5.41) is 0. The van der Waals surface area contributed by atoms with Crippen LogP contribution >= 0.6 is 11.9 Å². The minimum atomic E-state index is 0.769. The molecule has 5 heteroatoms. The van der Waals surface area contributed by atoms with Gasteiger partial charge in [0.2, 0.25) is 0 Å². The van der Waals surface area contributed by atoms with Crippen molar-refractivity contribution >= 4 is 17.6 Å². The maximum atomic E-state index is 6.31. The third-order valence-corrected chi connectivity index (χ3v) is 6.98. The van der Waals surface area contributed by atoms with E-state index >= 15 is 0 Å². The molecular weight excluding hydrogens is 366 g/mol. The summed E-state index contributed by atoms with van der Waals surface area (Å²) in [6.07, 6.45) is 5.25. The number of benzene rings is 2. The smallest absolute Gasteiger partial charge is 0.142 e. The molecule has 0 unspecified atom stereocenters. The van der Waals surface area contributed by atoms with Crippen molar-refractivity contribution in [1.82, 2.24) is 9.21 Å². The van der Waals surface area contributed by atoms with E-state index in [4.69, 9.17) is 10.5 Å². The Hall–Kier alpha value is -1.69. The van der Waals surface area contributed by atoms with Crippen LogP contribution in [0.5, 0.6) is 11.5 Å². The van der Waals surface area contributed by atoms with Crippen molar-refractivity contribution in [3.05, 3.63) is 47.5 Å². The molecule has 0 aliphatic carbocycles. The van der Waals surface area contributed by atoms with Gasteiger partial charge in [0.05, 0.1) is 4.90 Å². The molecule has 2 saturated heterocycles. The average molecular weight is 398 g/mol. The molecule has 2 aromatic rings. The second-order valence-corrected chi connectivity index (χ2v) is 9.21. The molecule has 2 heterocycles. The molecule has 2 fully saturated rings. The Kier molecular flexibility index (Phi) is 6.14. The summed E-state index contributed by atoms with van der Waals surface area (Å²) in [5.41, 5.74) is 9.22. The predicted octanol–water partition coefficient (Wildman–Crippen LogP) is 5.25. The summed E-state index contributed by atoms with van der Waals surface area (Å²) in [6.45, 7) is 8.99. The molecular formula is C23H31N3OS. The van der Waals surface area contributed by atoms with Crippen molar-refractivity contribution in [2.45, 2.75) is 50.5 Å². The fraction of sp³-hybridized carbons (Fsp3) is 0.478. The lowest BCUT2D eigenvalue weighted by molar-refractivity contribution is 0.172. The van der Waals surface area contributed by atoms with Crippen LogP contribution in [0.25, 0.3) is 0 Å². The van der Waals surface area contributed by atoms with E-state index in [0.717, 1.165) is 46.8 Å². The molecule has 0 spiro atoms. The van der Waals surface area contributed by atoms with Crippen LogP contribution < -0.4 is 10.5 Å². The number of piperidine rings is 1. The van der Waals surface area contributed by atoms with E-state index in [-0.39, 0.29) is 0 Å². The zero-order valence-electron chi connectivity index (χ0n) is 17.0. The van der Waals surface area contributed by atoms with Gasteiger partial charge in [-0.25, -0.2) is 4.31 Å². The molecule has 2 aliphatic rings. The van der Waals surface area contributed by atoms with Gasteiger partial charge in [0, 0.05) is 24.8 Å². The maximum Gasteiger partial charge on any atom is 0.142 e. The van der Waals surface area contributed by atoms with Gasteiger partial charge in [-0.2, -0.15) is 0 Å². The molecule has 0 radical (unpaired) electrons. The second kappa shape index (κ2) is 8.76. The molecule has 0 atom stereocenters. The van der Waals surface area contributed by atoms with Crippen LogP contribution in [0.2, 0.25) is 0 Å². The predicted molar refractivity (Wildman–Crippen MR) is 118 cm³/mol. The average Bonchev–Trinajstić information content (AvgIpc) is 3.22. The number of hydrogen-bond acceptors (Lipinski definition) is 5. The van der Waals surface area contributed by atoms with Gasteiger partial charge in [0.1, 0.15) is 11.5 Å². The number of nitrogens with two attached hydrogens (primary N) is 1. The quantitative estimate of drug-likeness (QED) is 0.552. The fourth-order valence-corrected chi connectivity index (χ4v) is 5.22. The molecule has 4 rings (SSSR count). The third-order valence-electron chi connectivity index (χ3n) is 5.84. The lowest BCUT2D eigenvalue weighted by Crippen LogP contribution is -2.41. The highest BCUT2D eigenvalue weighted by atomic mass is 32.2. The van der Waals surface area contributed by atoms with Crippen LogP contribution in [-0.2, 0) is 0 Å². The van der Waals surface area contributed by atoms with Gasteiger partial charge in [-0.15, -0.1) is 0 Å². The lowest BCUT2D eigenvalue weighted by Gasteiger charge is -2.36. The summed E-state index contributed by atoms with van der Waals surface area (Å²) in [6, 6.07) is 13.1. The number of anilines is 1. The SMILES string of the molecule is Cc1ccc(C)c(Oc2ccc(N)cc2SN2CCC(N3CCCC3)CC2)c1. The van der Waals surface area contributed by atoms with Gasteiger partial charge >= 0.3 is 0 Å². The number of rotatable bonds is 5. The number of nitrogen functional groups attached to an aromatic ring is 1. The standard InChI is InChI=1S/C23H31N3OS/c1-17-5-6-18(2)22(15-17)27-21-8-7-19(24)16-23(21)28-26-13-9-20(10-14-26)25-11-3-4-12-25/h5-8,15-16,20H,3-4,9-14,24H2,1-2H3. The van der Waals surface area contributed by atoms with Crippen LogP contribution in [-0.4, -0.2) is 41.4 Å². The van der Waals surface area contributed by atoms with E-state index < -0.39 is 0 Å². The summed E-state index contributed by atoms with van der Waals surface area (Å²) in [5.74, 6) is 1.80. The highest BCUT2D eigenvalue weighted by Gasteiger charge is 2.27. The molecule has 150 valence electrons. The Morgan fingerprint density at radius 3 is 2.43 bits per heavy atom. The Morgan fingerprint density at radius 2 is 1.68 bits per heavy atom. The zero-order valence-corrected chi connectivity index (χ0v) is 17.8. The third kappa shape index (κ3) is 4.65. The van der Waals surface area contributed by atoms with E-state index in [1.807, 2.05) is 18.2 Å². The van der Waals surface area contributed by atoms with E-state index in [0.29, 0.717) is 0 Å². The summed E-state index contributed by atoms with van der Waals surface area (Å²) in [4.78, 5) is 3.79. The Morgan fingerprint density at radius 1 is 0.929 bits per heavy atom. The van der Waals surface area contributed by atoms with Gasteiger partial charge in [0.15, 0.2) is 0 Å². The van der Waals surface area contributed by atoms with E-state index in [2.05, 4.69) is 41.3 Å². The van der Waals surface area contributed by atoms with Gasteiger partial charge in [0.25, 0.3) is 0 Å². The molecule has 0 aromatic heterocycles. The van der Waals surface area contributed by atoms with Gasteiger partial charge in [-0.05, 0) is 100.0 Å². The number of nitrogens with zero attached hydrogens (tertiary/aromatic N) is 2. The second-order valence-electron chi connectivity index (χ2n) is 8.07. The van der Waals surface area contributed by atoms with Crippen molar-refractivity contribution in [1.29, 1.82) is 0 Å². The Bertz CT molecular complexity index is 811. The van der Waals surface area contributed by atoms with Gasteiger partial charge < -0.3 is 15.4 Å². The van der Waals surface area contributed by atoms with Crippen LogP contribution in [0, 0.1) is 13.8 Å². The topological polar surface area (TPSA) is 41.7 Å². The monoisotopic (exact) mass is 397 g/mol. The highest BCUT2D eigenvalue weighted by Crippen LogP contribution is 2.38. The highest BCUT2D eigenvalue weighted by molar-refractivity contribution is 7.97. The van der Waals surface area contributed by atoms with Crippen molar-refractivity contribution in [3.63, 3.8) is 0 Å². The molecule has 2 N–H and O–H groups in total. The normalized spacial score (nSPS) is 19.2. The lowest BCUT2D eigenvalue weighted by atomic mass is 10.1. The summed E-state index contributed by atoms with van der Waals surface area (Å²) < 4.78 is 8.78. The van der Waals surface area contributed by atoms with E-state index in [9.17, 15) is 0 Å². The molecule has 28 heavy (non-hydrogen) atoms. The first kappa shape index (κ1) is 19.6. The first-order chi connectivity index (χ1) is 13.6. The van der Waals surface area contributed by atoms with Crippen molar-refractivity contribution in [2.24, 2.45) is 0 Å². The van der Waals surface area contributed by atoms with Gasteiger partial charge in [-0.3, -0.25) is 0 Å². The van der Waals surface area contributed by atoms with E-state index in [1.165, 1.54) is 44.3 Å². The van der Waals surface area contributed by atoms with Crippen molar-refractivity contribution < 1.29 is 4.74 Å². The number of ether oxygens (including phenoxy) is 1. The van der Waals surface area contributed by atoms with Crippen LogP contribution in [0.3, 0.4) is 0 Å². The summed E-state index contributed by atoms with van der Waals surface area (Å²) in [7, 11) is 0. The number of aryl methyl sites for hydroxylation is 2. The molecule has 2 aliphatic heterocycles.